The molecule has 0 amide bonds. The number of para-hydroxylation sites is 1. The highest BCUT2D eigenvalue weighted by molar-refractivity contribution is 6.04. The van der Waals surface area contributed by atoms with Gasteiger partial charge >= 0.3 is 5.97 Å². The van der Waals surface area contributed by atoms with Crippen molar-refractivity contribution in [2.45, 2.75) is 38.5 Å². The van der Waals surface area contributed by atoms with E-state index in [1.807, 2.05) is 50.2 Å². The van der Waals surface area contributed by atoms with Gasteiger partial charge in [0.2, 0.25) is 0 Å². The number of dihydropyridines is 1. The van der Waals surface area contributed by atoms with Gasteiger partial charge in [-0.25, -0.2) is 4.79 Å². The second-order valence-electron chi connectivity index (χ2n) is 9.21. The van der Waals surface area contributed by atoms with Crippen molar-refractivity contribution in [3.8, 4) is 17.2 Å². The highest BCUT2D eigenvalue weighted by Crippen LogP contribution is 2.49. The van der Waals surface area contributed by atoms with E-state index in [2.05, 4.69) is 5.32 Å². The van der Waals surface area contributed by atoms with Crippen LogP contribution < -0.4 is 19.5 Å². The van der Waals surface area contributed by atoms with Crippen LogP contribution in [0, 0.1) is 0 Å². The summed E-state index contributed by atoms with van der Waals surface area (Å²) >= 11 is 0. The topological polar surface area (TPSA) is 92.3 Å². The smallest absolute Gasteiger partial charge is 0.336 e. The number of hydrogen-bond acceptors (Lipinski definition) is 8. The lowest BCUT2D eigenvalue weighted by atomic mass is 9.71. The van der Waals surface area contributed by atoms with Crippen molar-refractivity contribution in [3.05, 3.63) is 76.1 Å². The first-order chi connectivity index (χ1) is 18.4. The second kappa shape index (κ2) is 12.2. The summed E-state index contributed by atoms with van der Waals surface area (Å²) in [7, 11) is 4.74. The zero-order chi connectivity index (χ0) is 27.2. The van der Waals surface area contributed by atoms with Gasteiger partial charge in [-0.3, -0.25) is 4.79 Å². The van der Waals surface area contributed by atoms with Crippen LogP contribution in [0.2, 0.25) is 0 Å². The van der Waals surface area contributed by atoms with Gasteiger partial charge in [0.15, 0.2) is 17.3 Å². The number of carbonyl (C=O) groups is 2. The Labute approximate surface area is 223 Å². The van der Waals surface area contributed by atoms with E-state index < -0.39 is 11.9 Å². The van der Waals surface area contributed by atoms with Gasteiger partial charge in [-0.1, -0.05) is 24.3 Å². The van der Waals surface area contributed by atoms with Gasteiger partial charge < -0.3 is 29.0 Å². The van der Waals surface area contributed by atoms with E-state index in [-0.39, 0.29) is 18.3 Å². The molecule has 0 aromatic heterocycles. The van der Waals surface area contributed by atoms with Crippen molar-refractivity contribution < 1.29 is 33.3 Å². The molecule has 4 rings (SSSR count). The number of carbonyl (C=O) groups excluding carboxylic acids is 2. The minimum Gasteiger partial charge on any atom is -0.497 e. The van der Waals surface area contributed by atoms with Crippen LogP contribution in [0.4, 0.5) is 0 Å². The second-order valence-corrected chi connectivity index (χ2v) is 9.21. The number of methoxy groups -OCH3 is 3. The molecule has 0 saturated heterocycles. The Hall–Kier alpha value is -3.78. The van der Waals surface area contributed by atoms with Crippen molar-refractivity contribution in [2.75, 3.05) is 41.2 Å². The van der Waals surface area contributed by atoms with Crippen LogP contribution in [-0.4, -0.2) is 52.9 Å². The van der Waals surface area contributed by atoms with Crippen LogP contribution in [0.15, 0.2) is 65.0 Å². The molecule has 0 fully saturated rings. The fourth-order valence-electron chi connectivity index (χ4n) is 5.29. The van der Waals surface area contributed by atoms with Crippen LogP contribution in [0.1, 0.15) is 49.7 Å². The third kappa shape index (κ3) is 5.41. The molecule has 1 aliphatic carbocycles. The van der Waals surface area contributed by atoms with E-state index in [0.29, 0.717) is 60.0 Å². The number of allylic oxidation sites excluding steroid dienone is 3. The van der Waals surface area contributed by atoms with Crippen LogP contribution in [0.25, 0.3) is 0 Å². The molecule has 0 spiro atoms. The zero-order valence-corrected chi connectivity index (χ0v) is 22.6. The third-order valence-corrected chi connectivity index (χ3v) is 7.04. The van der Waals surface area contributed by atoms with Gasteiger partial charge in [-0.15, -0.1) is 0 Å². The van der Waals surface area contributed by atoms with Crippen molar-refractivity contribution >= 4 is 11.8 Å². The first-order valence-electron chi connectivity index (χ1n) is 12.8. The van der Waals surface area contributed by atoms with Crippen LogP contribution in [0.3, 0.4) is 0 Å². The molecule has 0 radical (unpaired) electrons. The van der Waals surface area contributed by atoms with E-state index in [9.17, 15) is 9.59 Å². The first-order valence-corrected chi connectivity index (χ1v) is 12.8. The molecule has 8 heteroatoms. The van der Waals surface area contributed by atoms with Gasteiger partial charge in [-0.05, 0) is 49.9 Å². The van der Waals surface area contributed by atoms with Crippen LogP contribution in [-0.2, 0) is 19.1 Å². The maximum absolute atomic E-state index is 13.9. The largest absolute Gasteiger partial charge is 0.497 e. The maximum atomic E-state index is 13.9. The Kier molecular flexibility index (Phi) is 8.73. The number of hydrogen-bond donors (Lipinski definition) is 1. The van der Waals surface area contributed by atoms with E-state index in [4.69, 9.17) is 23.7 Å². The Morgan fingerprint density at radius 3 is 2.39 bits per heavy atom. The molecule has 38 heavy (non-hydrogen) atoms. The minimum absolute atomic E-state index is 0.00000489. The first kappa shape index (κ1) is 27.3. The summed E-state index contributed by atoms with van der Waals surface area (Å²) in [5.41, 5.74) is 4.12. The number of benzene rings is 2. The Bertz CT molecular complexity index is 1250. The van der Waals surface area contributed by atoms with E-state index >= 15 is 0 Å². The molecule has 8 nitrogen and oxygen atoms in total. The number of rotatable bonds is 10. The standard InChI is InChI=1S/C30H35NO7/c1-6-37-14-15-38-30(33)26-18(2)31-23-16-20(19-10-12-21(34-3)13-11-19)17-24(32)28(23)27(26)22-8-7-9-25(35-4)29(22)36-5/h7-13,20,27,31H,6,14-17H2,1-5H3/t20-,27-/m0/s1. The third-order valence-electron chi connectivity index (χ3n) is 7.04. The summed E-state index contributed by atoms with van der Waals surface area (Å²) in [4.78, 5) is 27.3. The van der Waals surface area contributed by atoms with Crippen molar-refractivity contribution in [1.29, 1.82) is 0 Å². The molecule has 2 aromatic carbocycles. The van der Waals surface area contributed by atoms with E-state index in [1.165, 1.54) is 0 Å². The number of nitrogens with one attached hydrogen (secondary N) is 1. The molecule has 2 atom stereocenters. The van der Waals surface area contributed by atoms with Gasteiger partial charge in [0.05, 0.1) is 39.4 Å². The number of ether oxygens (including phenoxy) is 5. The molecule has 2 aliphatic rings. The van der Waals surface area contributed by atoms with Gasteiger partial charge in [0.25, 0.3) is 0 Å². The lowest BCUT2D eigenvalue weighted by Gasteiger charge is -2.37. The summed E-state index contributed by atoms with van der Waals surface area (Å²) in [6.45, 7) is 4.66. The maximum Gasteiger partial charge on any atom is 0.336 e. The predicted molar refractivity (Wildman–Crippen MR) is 143 cm³/mol. The number of ketones is 1. The predicted octanol–water partition coefficient (Wildman–Crippen LogP) is 4.65. The van der Waals surface area contributed by atoms with Crippen molar-refractivity contribution in [3.63, 3.8) is 0 Å². The summed E-state index contributed by atoms with van der Waals surface area (Å²) < 4.78 is 27.5. The Balaban J connectivity index is 1.77. The van der Waals surface area contributed by atoms with Crippen LogP contribution >= 0.6 is 0 Å². The highest BCUT2D eigenvalue weighted by Gasteiger charge is 2.42. The number of Topliss-reactive ketones (excluding diaryl/α,β-unsaturated/α-hetero) is 1. The molecule has 0 unspecified atom stereocenters. The van der Waals surface area contributed by atoms with Gasteiger partial charge in [-0.2, -0.15) is 0 Å². The number of esters is 1. The summed E-state index contributed by atoms with van der Waals surface area (Å²) in [5, 5.41) is 3.38. The normalized spacial score (nSPS) is 19.0. The highest BCUT2D eigenvalue weighted by atomic mass is 16.6. The molecule has 1 heterocycles. The minimum atomic E-state index is -0.666. The molecule has 0 bridgehead atoms. The molecular weight excluding hydrogens is 486 g/mol. The monoisotopic (exact) mass is 521 g/mol. The average Bonchev–Trinajstić information content (AvgIpc) is 2.93. The molecule has 0 saturated carbocycles. The lowest BCUT2D eigenvalue weighted by molar-refractivity contribution is -0.140. The van der Waals surface area contributed by atoms with E-state index in [0.717, 1.165) is 17.0 Å². The molecule has 202 valence electrons. The Morgan fingerprint density at radius 2 is 1.74 bits per heavy atom. The fourth-order valence-corrected chi connectivity index (χ4v) is 5.29. The quantitative estimate of drug-likeness (QED) is 0.357. The van der Waals surface area contributed by atoms with Crippen molar-refractivity contribution in [2.24, 2.45) is 0 Å². The molecule has 1 aliphatic heterocycles. The van der Waals surface area contributed by atoms with E-state index in [1.54, 1.807) is 27.4 Å². The van der Waals surface area contributed by atoms with Crippen molar-refractivity contribution in [1.82, 2.24) is 5.32 Å². The fraction of sp³-hybridized carbons (Fsp3) is 0.400. The summed E-state index contributed by atoms with van der Waals surface area (Å²) in [6.07, 6.45) is 0.946. The SMILES string of the molecule is CCOCCOC(=O)C1=C(C)NC2=C(C(=O)C[C@@H](c3ccc(OC)cc3)C2)[C@H]1c1cccc(OC)c1OC. The zero-order valence-electron chi connectivity index (χ0n) is 22.6. The molecular formula is C30H35NO7. The van der Waals surface area contributed by atoms with Gasteiger partial charge in [0, 0.05) is 35.6 Å². The average molecular weight is 522 g/mol. The van der Waals surface area contributed by atoms with Crippen LogP contribution in [0.5, 0.6) is 17.2 Å². The van der Waals surface area contributed by atoms with Gasteiger partial charge in [0.1, 0.15) is 12.4 Å². The lowest BCUT2D eigenvalue weighted by Crippen LogP contribution is -2.36. The molecule has 1 N–H and O–H groups in total. The molecule has 2 aromatic rings. The summed E-state index contributed by atoms with van der Waals surface area (Å²) in [6, 6.07) is 13.3. The summed E-state index contributed by atoms with van der Waals surface area (Å²) in [5.74, 6) is 0.573. The Morgan fingerprint density at radius 1 is 0.974 bits per heavy atom.